The fraction of sp³-hybridized carbons (Fsp3) is 0.308. The summed E-state index contributed by atoms with van der Waals surface area (Å²) in [6.07, 6.45) is 0. The molecule has 0 saturated heterocycles. The van der Waals surface area contributed by atoms with Gasteiger partial charge in [0, 0.05) is 0 Å². The number of nitrogens with zero attached hydrogens (tertiary/aromatic N) is 2. The topological polar surface area (TPSA) is 67.8 Å². The summed E-state index contributed by atoms with van der Waals surface area (Å²) in [5.74, 6) is -0.167. The van der Waals surface area contributed by atoms with Crippen molar-refractivity contribution in [1.29, 1.82) is 0 Å². The molecule has 17 heavy (non-hydrogen) atoms. The first-order chi connectivity index (χ1) is 8.11. The van der Waals surface area contributed by atoms with Gasteiger partial charge in [0.15, 0.2) is 0 Å². The van der Waals surface area contributed by atoms with Crippen LogP contribution < -0.4 is 5.73 Å². The van der Waals surface area contributed by atoms with E-state index in [0.717, 1.165) is 5.56 Å². The van der Waals surface area contributed by atoms with Gasteiger partial charge in [-0.15, -0.1) is 5.11 Å². The highest BCUT2D eigenvalue weighted by atomic mass is 16.2. The SMILES string of the molecule is CC(C)C1=C(C(N)c2ccccc2)C(=O)N=N1. The average molecular weight is 229 g/mol. The van der Waals surface area contributed by atoms with Crippen LogP contribution in [0.3, 0.4) is 0 Å². The number of nitrogens with two attached hydrogens (primary N) is 1. The van der Waals surface area contributed by atoms with E-state index in [0.29, 0.717) is 11.3 Å². The van der Waals surface area contributed by atoms with E-state index in [1.807, 2.05) is 44.2 Å². The number of azo groups is 1. The Morgan fingerprint density at radius 1 is 1.12 bits per heavy atom. The number of carbonyl (C=O) groups excluding carboxylic acids is 1. The van der Waals surface area contributed by atoms with Crippen molar-refractivity contribution in [3.05, 3.63) is 47.2 Å². The monoisotopic (exact) mass is 229 g/mol. The van der Waals surface area contributed by atoms with Crippen LogP contribution in [0.1, 0.15) is 25.5 Å². The standard InChI is InChI=1S/C13H15N3O/c1-8(2)12-10(13(17)16-15-12)11(14)9-6-4-3-5-7-9/h3-8,11H,14H2,1-2H3. The van der Waals surface area contributed by atoms with Crippen LogP contribution in [0.25, 0.3) is 0 Å². The summed E-state index contributed by atoms with van der Waals surface area (Å²) >= 11 is 0. The van der Waals surface area contributed by atoms with Crippen LogP contribution in [0.5, 0.6) is 0 Å². The summed E-state index contributed by atoms with van der Waals surface area (Å²) in [4.78, 5) is 11.7. The van der Waals surface area contributed by atoms with Gasteiger partial charge in [0.25, 0.3) is 5.91 Å². The van der Waals surface area contributed by atoms with Gasteiger partial charge in [0.2, 0.25) is 0 Å². The highest BCUT2D eigenvalue weighted by Gasteiger charge is 2.29. The molecule has 0 fully saturated rings. The second-order valence-corrected chi connectivity index (χ2v) is 4.35. The van der Waals surface area contributed by atoms with Gasteiger partial charge in [-0.25, -0.2) is 0 Å². The van der Waals surface area contributed by atoms with E-state index in [-0.39, 0.29) is 11.8 Å². The lowest BCUT2D eigenvalue weighted by Crippen LogP contribution is -2.18. The summed E-state index contributed by atoms with van der Waals surface area (Å²) in [5, 5.41) is 7.52. The molecule has 0 saturated carbocycles. The van der Waals surface area contributed by atoms with Crippen LogP contribution in [0.15, 0.2) is 51.8 Å². The summed E-state index contributed by atoms with van der Waals surface area (Å²) in [7, 11) is 0. The van der Waals surface area contributed by atoms with E-state index in [9.17, 15) is 4.79 Å². The maximum atomic E-state index is 11.7. The number of benzene rings is 1. The molecular weight excluding hydrogens is 214 g/mol. The maximum Gasteiger partial charge on any atom is 0.295 e. The summed E-state index contributed by atoms with van der Waals surface area (Å²) in [5.41, 5.74) is 8.24. The summed E-state index contributed by atoms with van der Waals surface area (Å²) in [6, 6.07) is 9.08. The summed E-state index contributed by atoms with van der Waals surface area (Å²) < 4.78 is 0. The zero-order valence-corrected chi connectivity index (χ0v) is 9.92. The molecule has 0 bridgehead atoms. The van der Waals surface area contributed by atoms with Crippen molar-refractivity contribution < 1.29 is 4.79 Å². The van der Waals surface area contributed by atoms with Gasteiger partial charge in [-0.2, -0.15) is 5.11 Å². The molecule has 88 valence electrons. The van der Waals surface area contributed by atoms with Crippen LogP contribution in [-0.4, -0.2) is 5.91 Å². The highest BCUT2D eigenvalue weighted by molar-refractivity contribution is 5.97. The number of rotatable bonds is 3. The first-order valence-corrected chi connectivity index (χ1v) is 5.62. The Balaban J connectivity index is 2.40. The van der Waals surface area contributed by atoms with E-state index in [1.54, 1.807) is 0 Å². The van der Waals surface area contributed by atoms with Gasteiger partial charge in [0.05, 0.1) is 17.3 Å². The zero-order valence-electron chi connectivity index (χ0n) is 9.92. The first-order valence-electron chi connectivity index (χ1n) is 5.62. The largest absolute Gasteiger partial charge is 0.320 e. The van der Waals surface area contributed by atoms with Gasteiger partial charge in [0.1, 0.15) is 0 Å². The Morgan fingerprint density at radius 2 is 1.76 bits per heavy atom. The van der Waals surface area contributed by atoms with Crippen LogP contribution in [0, 0.1) is 5.92 Å². The molecule has 4 nitrogen and oxygen atoms in total. The van der Waals surface area contributed by atoms with Crippen molar-refractivity contribution in [2.75, 3.05) is 0 Å². The molecule has 1 aliphatic heterocycles. The van der Waals surface area contributed by atoms with Crippen molar-refractivity contribution in [3.63, 3.8) is 0 Å². The third-order valence-electron chi connectivity index (χ3n) is 2.77. The molecule has 0 aromatic heterocycles. The predicted molar refractivity (Wildman–Crippen MR) is 65.1 cm³/mol. The second kappa shape index (κ2) is 4.59. The molecule has 1 atom stereocenters. The lowest BCUT2D eigenvalue weighted by molar-refractivity contribution is -0.114. The number of hydrogen-bond acceptors (Lipinski definition) is 3. The number of carbonyl (C=O) groups is 1. The van der Waals surface area contributed by atoms with Gasteiger partial charge < -0.3 is 5.73 Å². The molecule has 1 unspecified atom stereocenters. The van der Waals surface area contributed by atoms with Crippen molar-refractivity contribution in [2.45, 2.75) is 19.9 Å². The Morgan fingerprint density at radius 3 is 2.35 bits per heavy atom. The van der Waals surface area contributed by atoms with Gasteiger partial charge in [-0.3, -0.25) is 4.79 Å². The smallest absolute Gasteiger partial charge is 0.295 e. The van der Waals surface area contributed by atoms with Gasteiger partial charge in [-0.05, 0) is 11.5 Å². The van der Waals surface area contributed by atoms with E-state index in [4.69, 9.17) is 5.73 Å². The number of amides is 1. The normalized spacial score (nSPS) is 17.1. The van der Waals surface area contributed by atoms with Crippen molar-refractivity contribution in [1.82, 2.24) is 0 Å². The lowest BCUT2D eigenvalue weighted by atomic mass is 9.94. The second-order valence-electron chi connectivity index (χ2n) is 4.35. The minimum atomic E-state index is -0.448. The number of allylic oxidation sites excluding steroid dienone is 1. The molecule has 4 heteroatoms. The van der Waals surface area contributed by atoms with Gasteiger partial charge in [-0.1, -0.05) is 44.2 Å². The molecule has 0 aliphatic carbocycles. The van der Waals surface area contributed by atoms with E-state index < -0.39 is 6.04 Å². The first kappa shape index (κ1) is 11.7. The predicted octanol–water partition coefficient (Wildman–Crippen LogP) is 2.59. The third-order valence-corrected chi connectivity index (χ3v) is 2.77. The minimum absolute atomic E-state index is 0.148. The van der Waals surface area contributed by atoms with E-state index >= 15 is 0 Å². The fourth-order valence-electron chi connectivity index (χ4n) is 1.86. The molecule has 2 N–H and O–H groups in total. The minimum Gasteiger partial charge on any atom is -0.320 e. The molecule has 2 rings (SSSR count). The molecule has 1 aliphatic rings. The molecule has 1 heterocycles. The molecule has 0 radical (unpaired) electrons. The van der Waals surface area contributed by atoms with Crippen LogP contribution in [-0.2, 0) is 4.79 Å². The van der Waals surface area contributed by atoms with E-state index in [1.165, 1.54) is 0 Å². The maximum absolute atomic E-state index is 11.7. The average Bonchev–Trinajstić information content (AvgIpc) is 2.71. The number of hydrogen-bond donors (Lipinski definition) is 1. The quantitative estimate of drug-likeness (QED) is 0.865. The highest BCUT2D eigenvalue weighted by Crippen LogP contribution is 2.31. The lowest BCUT2D eigenvalue weighted by Gasteiger charge is -2.14. The third kappa shape index (κ3) is 2.17. The Kier molecular flexibility index (Phi) is 3.15. The Hall–Kier alpha value is -1.81. The zero-order chi connectivity index (χ0) is 12.4. The van der Waals surface area contributed by atoms with Crippen LogP contribution >= 0.6 is 0 Å². The van der Waals surface area contributed by atoms with Crippen LogP contribution in [0.2, 0.25) is 0 Å². The molecule has 1 amide bonds. The van der Waals surface area contributed by atoms with Crippen LogP contribution in [0.4, 0.5) is 0 Å². The van der Waals surface area contributed by atoms with E-state index in [2.05, 4.69) is 10.2 Å². The Labute approximate surface area is 100 Å². The fourth-order valence-corrected chi connectivity index (χ4v) is 1.86. The van der Waals surface area contributed by atoms with Crippen molar-refractivity contribution in [2.24, 2.45) is 21.9 Å². The summed E-state index contributed by atoms with van der Waals surface area (Å²) in [6.45, 7) is 3.95. The molecule has 1 aromatic rings. The Bertz CT molecular complexity index is 489. The van der Waals surface area contributed by atoms with Gasteiger partial charge >= 0.3 is 0 Å². The van der Waals surface area contributed by atoms with Crippen molar-refractivity contribution >= 4 is 5.91 Å². The molecular formula is C13H15N3O. The van der Waals surface area contributed by atoms with Crippen molar-refractivity contribution in [3.8, 4) is 0 Å². The molecule has 1 aromatic carbocycles. The molecule has 0 spiro atoms.